The fraction of sp³-hybridized carbons (Fsp3) is 0.300. The summed E-state index contributed by atoms with van der Waals surface area (Å²) in [7, 11) is 1.73. The normalized spacial score (nSPS) is 10.7. The summed E-state index contributed by atoms with van der Waals surface area (Å²) in [5.74, 6) is 0.742. The molecule has 1 aromatic carbocycles. The third-order valence-corrected chi connectivity index (χ3v) is 2.18. The largest absolute Gasteiger partial charge is 0.492 e. The zero-order valence-corrected chi connectivity index (χ0v) is 8.20. The molecule has 0 aliphatic rings. The number of hydrogen-bond donors (Lipinski definition) is 1. The van der Waals surface area contributed by atoms with Crippen molar-refractivity contribution < 1.29 is 4.74 Å². The lowest BCUT2D eigenvalue weighted by molar-refractivity contribution is 0.343. The highest BCUT2D eigenvalue weighted by Gasteiger charge is 2.07. The van der Waals surface area contributed by atoms with E-state index in [-0.39, 0.29) is 5.69 Å². The lowest BCUT2D eigenvalue weighted by Crippen LogP contribution is -2.12. The van der Waals surface area contributed by atoms with Gasteiger partial charge >= 0.3 is 5.69 Å². The Labute approximate surface area is 81.1 Å². The summed E-state index contributed by atoms with van der Waals surface area (Å²) < 4.78 is 6.99. The predicted molar refractivity (Wildman–Crippen MR) is 54.7 cm³/mol. The van der Waals surface area contributed by atoms with Crippen LogP contribution in [0.15, 0.2) is 23.0 Å². The third-order valence-electron chi connectivity index (χ3n) is 2.18. The van der Waals surface area contributed by atoms with Gasteiger partial charge in [-0.05, 0) is 19.1 Å². The number of nitrogens with zero attached hydrogens (tertiary/aromatic N) is 1. The number of aryl methyl sites for hydroxylation is 1. The Balaban J connectivity index is 2.77. The summed E-state index contributed by atoms with van der Waals surface area (Å²) in [4.78, 5) is 14.1. The number of ether oxygens (including phenoxy) is 1. The first kappa shape index (κ1) is 8.87. The average Bonchev–Trinajstić information content (AvgIpc) is 2.45. The summed E-state index contributed by atoms with van der Waals surface area (Å²) in [6.45, 7) is 2.52. The Kier molecular flexibility index (Phi) is 2.04. The van der Waals surface area contributed by atoms with Crippen LogP contribution >= 0.6 is 0 Å². The minimum Gasteiger partial charge on any atom is -0.492 e. The molecule has 0 amide bonds. The molecule has 0 bridgehead atoms. The Morgan fingerprint density at radius 2 is 2.29 bits per heavy atom. The molecule has 1 aromatic heterocycles. The zero-order chi connectivity index (χ0) is 10.1. The van der Waals surface area contributed by atoms with Crippen molar-refractivity contribution in [1.29, 1.82) is 0 Å². The molecule has 1 heterocycles. The highest BCUT2D eigenvalue weighted by molar-refractivity contribution is 5.81. The molecule has 0 radical (unpaired) electrons. The second-order valence-electron chi connectivity index (χ2n) is 3.07. The van der Waals surface area contributed by atoms with Crippen molar-refractivity contribution in [2.75, 3.05) is 6.61 Å². The lowest BCUT2D eigenvalue weighted by Gasteiger charge is -2.04. The van der Waals surface area contributed by atoms with E-state index < -0.39 is 0 Å². The van der Waals surface area contributed by atoms with E-state index in [1.165, 1.54) is 0 Å². The molecule has 4 nitrogen and oxygen atoms in total. The first-order chi connectivity index (χ1) is 6.74. The quantitative estimate of drug-likeness (QED) is 0.778. The van der Waals surface area contributed by atoms with E-state index in [0.717, 1.165) is 16.8 Å². The number of fused-ring (bicyclic) bond motifs is 1. The van der Waals surface area contributed by atoms with Crippen LogP contribution in [0.3, 0.4) is 0 Å². The van der Waals surface area contributed by atoms with Crippen LogP contribution in [0.1, 0.15) is 6.92 Å². The van der Waals surface area contributed by atoms with E-state index in [9.17, 15) is 4.79 Å². The van der Waals surface area contributed by atoms with Crippen molar-refractivity contribution in [2.45, 2.75) is 6.92 Å². The van der Waals surface area contributed by atoms with Crippen LogP contribution in [0.4, 0.5) is 0 Å². The minimum absolute atomic E-state index is 0.118. The smallest absolute Gasteiger partial charge is 0.326 e. The molecule has 0 aliphatic carbocycles. The number of H-pyrrole nitrogens is 1. The standard InChI is InChI=1S/C10H12N2O2/c1-3-14-8-6-4-5-7-9(8)12(2)10(13)11-7/h4-6H,3H2,1-2H3,(H,11,13). The fourth-order valence-corrected chi connectivity index (χ4v) is 1.54. The Hall–Kier alpha value is -1.71. The van der Waals surface area contributed by atoms with Gasteiger partial charge in [0.05, 0.1) is 12.1 Å². The second kappa shape index (κ2) is 3.21. The summed E-state index contributed by atoms with van der Waals surface area (Å²) >= 11 is 0. The Bertz CT molecular complexity index is 510. The lowest BCUT2D eigenvalue weighted by atomic mass is 10.3. The summed E-state index contributed by atoms with van der Waals surface area (Å²) in [5.41, 5.74) is 1.51. The van der Waals surface area contributed by atoms with Crippen molar-refractivity contribution in [3.05, 3.63) is 28.7 Å². The number of para-hydroxylation sites is 1. The van der Waals surface area contributed by atoms with Gasteiger partial charge in [-0.1, -0.05) is 6.07 Å². The van der Waals surface area contributed by atoms with Crippen LogP contribution in [0.25, 0.3) is 11.0 Å². The van der Waals surface area contributed by atoms with Gasteiger partial charge in [0, 0.05) is 7.05 Å². The van der Waals surface area contributed by atoms with E-state index in [1.807, 2.05) is 25.1 Å². The number of imidazole rings is 1. The zero-order valence-electron chi connectivity index (χ0n) is 8.20. The van der Waals surface area contributed by atoms with Crippen molar-refractivity contribution in [3.8, 4) is 5.75 Å². The Morgan fingerprint density at radius 3 is 3.00 bits per heavy atom. The van der Waals surface area contributed by atoms with E-state index in [2.05, 4.69) is 4.98 Å². The van der Waals surface area contributed by atoms with Gasteiger partial charge in [0.15, 0.2) is 0 Å². The van der Waals surface area contributed by atoms with Crippen molar-refractivity contribution >= 4 is 11.0 Å². The molecule has 0 unspecified atom stereocenters. The molecule has 4 heteroatoms. The van der Waals surface area contributed by atoms with Gasteiger partial charge in [-0.3, -0.25) is 4.57 Å². The van der Waals surface area contributed by atoms with Gasteiger partial charge < -0.3 is 9.72 Å². The predicted octanol–water partition coefficient (Wildman–Crippen LogP) is 1.27. The fourth-order valence-electron chi connectivity index (χ4n) is 1.54. The highest BCUT2D eigenvalue weighted by Crippen LogP contribution is 2.22. The molecule has 14 heavy (non-hydrogen) atoms. The van der Waals surface area contributed by atoms with E-state index in [0.29, 0.717) is 6.61 Å². The maximum absolute atomic E-state index is 11.3. The van der Waals surface area contributed by atoms with E-state index in [1.54, 1.807) is 11.6 Å². The molecular weight excluding hydrogens is 180 g/mol. The first-order valence-electron chi connectivity index (χ1n) is 4.54. The molecule has 0 aliphatic heterocycles. The maximum Gasteiger partial charge on any atom is 0.326 e. The van der Waals surface area contributed by atoms with Crippen LogP contribution in [0, 0.1) is 0 Å². The topological polar surface area (TPSA) is 47.0 Å². The number of aromatic nitrogens is 2. The number of benzene rings is 1. The van der Waals surface area contributed by atoms with Gasteiger partial charge in [0.25, 0.3) is 0 Å². The molecular formula is C10H12N2O2. The molecule has 2 aromatic rings. The maximum atomic E-state index is 11.3. The van der Waals surface area contributed by atoms with Gasteiger partial charge in [0.2, 0.25) is 0 Å². The molecule has 0 saturated heterocycles. The summed E-state index contributed by atoms with van der Waals surface area (Å²) in [6.07, 6.45) is 0. The average molecular weight is 192 g/mol. The van der Waals surface area contributed by atoms with E-state index in [4.69, 9.17) is 4.74 Å². The highest BCUT2D eigenvalue weighted by atomic mass is 16.5. The number of hydrogen-bond acceptors (Lipinski definition) is 2. The Morgan fingerprint density at radius 1 is 1.50 bits per heavy atom. The minimum atomic E-state index is -0.118. The van der Waals surface area contributed by atoms with Crippen LogP contribution < -0.4 is 10.4 Å². The molecule has 74 valence electrons. The van der Waals surface area contributed by atoms with Crippen molar-refractivity contribution in [2.24, 2.45) is 7.05 Å². The number of nitrogens with one attached hydrogen (secondary N) is 1. The third kappa shape index (κ3) is 1.19. The van der Waals surface area contributed by atoms with Gasteiger partial charge in [0.1, 0.15) is 11.3 Å². The molecule has 0 atom stereocenters. The molecule has 0 saturated carbocycles. The molecule has 0 spiro atoms. The van der Waals surface area contributed by atoms with Crippen LogP contribution in [0.2, 0.25) is 0 Å². The number of aromatic amines is 1. The van der Waals surface area contributed by atoms with Crippen molar-refractivity contribution in [3.63, 3.8) is 0 Å². The SMILES string of the molecule is CCOc1cccc2[nH]c(=O)n(C)c12. The molecule has 1 N–H and O–H groups in total. The van der Waals surface area contributed by atoms with Crippen molar-refractivity contribution in [1.82, 2.24) is 9.55 Å². The van der Waals surface area contributed by atoms with Gasteiger partial charge in [-0.15, -0.1) is 0 Å². The first-order valence-corrected chi connectivity index (χ1v) is 4.54. The molecule has 2 rings (SSSR count). The van der Waals surface area contributed by atoms with Gasteiger partial charge in [-0.2, -0.15) is 0 Å². The van der Waals surface area contributed by atoms with Crippen LogP contribution in [0.5, 0.6) is 5.75 Å². The van der Waals surface area contributed by atoms with E-state index >= 15 is 0 Å². The summed E-state index contributed by atoms with van der Waals surface area (Å²) in [6, 6.07) is 5.58. The van der Waals surface area contributed by atoms with Crippen LogP contribution in [-0.4, -0.2) is 16.2 Å². The second-order valence-corrected chi connectivity index (χ2v) is 3.07. The summed E-state index contributed by atoms with van der Waals surface area (Å²) in [5, 5.41) is 0. The monoisotopic (exact) mass is 192 g/mol. The van der Waals surface area contributed by atoms with Crippen LogP contribution in [-0.2, 0) is 7.05 Å². The molecule has 0 fully saturated rings. The van der Waals surface area contributed by atoms with Gasteiger partial charge in [-0.25, -0.2) is 4.79 Å². The number of rotatable bonds is 2.